The Morgan fingerprint density at radius 2 is 2.06 bits per heavy atom. The van der Waals surface area contributed by atoms with Crippen LogP contribution in [0.4, 0.5) is 4.39 Å². The number of nitrogens with zero attached hydrogens (tertiary/aromatic N) is 2. The summed E-state index contributed by atoms with van der Waals surface area (Å²) in [6.07, 6.45) is 2.67. The molecule has 0 atom stereocenters. The van der Waals surface area contributed by atoms with Gasteiger partial charge in [-0.3, -0.25) is 4.98 Å². The van der Waals surface area contributed by atoms with E-state index >= 15 is 0 Å². The molecule has 0 saturated heterocycles. The minimum Gasteiger partial charge on any atom is -0.476 e. The number of benzene rings is 1. The summed E-state index contributed by atoms with van der Waals surface area (Å²) in [5, 5.41) is 9.33. The molecule has 18 heavy (non-hydrogen) atoms. The lowest BCUT2D eigenvalue weighted by molar-refractivity contribution is 0.0688. The molecule has 0 aliphatic rings. The predicted molar refractivity (Wildman–Crippen MR) is 63.2 cm³/mol. The number of halogens is 2. The molecule has 0 fully saturated rings. The third-order valence-electron chi connectivity index (χ3n) is 2.34. The lowest BCUT2D eigenvalue weighted by Gasteiger charge is -2.05. The van der Waals surface area contributed by atoms with Crippen LogP contribution in [0.5, 0.6) is 0 Å². The van der Waals surface area contributed by atoms with Crippen molar-refractivity contribution >= 4 is 17.6 Å². The van der Waals surface area contributed by atoms with Crippen molar-refractivity contribution in [2.45, 2.75) is 6.42 Å². The van der Waals surface area contributed by atoms with E-state index < -0.39 is 11.8 Å². The van der Waals surface area contributed by atoms with Gasteiger partial charge in [0.2, 0.25) is 0 Å². The molecular formula is C12H8ClFN2O2. The number of aromatic carboxylic acids is 1. The second-order valence-corrected chi connectivity index (χ2v) is 4.01. The molecule has 0 bridgehead atoms. The average Bonchev–Trinajstić information content (AvgIpc) is 2.34. The standard InChI is InChI=1S/C12H8ClFN2O2/c13-8-1-2-9(14)7(5-8)6-10-11(12(17)18)16-4-3-15-10/h1-5H,6H2,(H,17,18). The maximum absolute atomic E-state index is 13.5. The van der Waals surface area contributed by atoms with Crippen molar-refractivity contribution in [1.82, 2.24) is 9.97 Å². The number of carbonyl (C=O) groups is 1. The zero-order chi connectivity index (χ0) is 13.1. The molecule has 2 rings (SSSR count). The minimum absolute atomic E-state index is 0.0296. The summed E-state index contributed by atoms with van der Waals surface area (Å²) in [5.74, 6) is -1.65. The quantitative estimate of drug-likeness (QED) is 0.927. The van der Waals surface area contributed by atoms with Gasteiger partial charge in [-0.2, -0.15) is 0 Å². The van der Waals surface area contributed by atoms with Crippen molar-refractivity contribution in [3.8, 4) is 0 Å². The van der Waals surface area contributed by atoms with Gasteiger partial charge in [0.15, 0.2) is 5.69 Å². The fraction of sp³-hybridized carbons (Fsp3) is 0.0833. The van der Waals surface area contributed by atoms with Crippen molar-refractivity contribution in [2.24, 2.45) is 0 Å². The van der Waals surface area contributed by atoms with Gasteiger partial charge >= 0.3 is 5.97 Å². The largest absolute Gasteiger partial charge is 0.476 e. The molecule has 0 unspecified atom stereocenters. The number of hydrogen-bond donors (Lipinski definition) is 1. The van der Waals surface area contributed by atoms with E-state index in [1.807, 2.05) is 0 Å². The van der Waals surface area contributed by atoms with Crippen molar-refractivity contribution in [1.29, 1.82) is 0 Å². The van der Waals surface area contributed by atoms with E-state index in [9.17, 15) is 9.18 Å². The first-order valence-corrected chi connectivity index (χ1v) is 5.43. The molecule has 2 aromatic rings. The molecule has 1 N–H and O–H groups in total. The van der Waals surface area contributed by atoms with E-state index in [4.69, 9.17) is 16.7 Å². The topological polar surface area (TPSA) is 63.1 Å². The van der Waals surface area contributed by atoms with Crippen LogP contribution in [0, 0.1) is 5.82 Å². The lowest BCUT2D eigenvalue weighted by atomic mass is 10.1. The molecule has 0 spiro atoms. The monoisotopic (exact) mass is 266 g/mol. The highest BCUT2D eigenvalue weighted by molar-refractivity contribution is 6.30. The molecule has 0 saturated carbocycles. The summed E-state index contributed by atoms with van der Waals surface area (Å²) < 4.78 is 13.5. The second-order valence-electron chi connectivity index (χ2n) is 3.57. The lowest BCUT2D eigenvalue weighted by Crippen LogP contribution is -2.08. The van der Waals surface area contributed by atoms with E-state index in [0.29, 0.717) is 5.02 Å². The highest BCUT2D eigenvalue weighted by atomic mass is 35.5. The summed E-state index contributed by atoms with van der Waals surface area (Å²) in [7, 11) is 0. The fourth-order valence-electron chi connectivity index (χ4n) is 1.53. The highest BCUT2D eigenvalue weighted by Crippen LogP contribution is 2.18. The Morgan fingerprint density at radius 3 is 2.78 bits per heavy atom. The summed E-state index contributed by atoms with van der Waals surface area (Å²) in [6.45, 7) is 0. The van der Waals surface area contributed by atoms with Crippen molar-refractivity contribution in [2.75, 3.05) is 0 Å². The van der Waals surface area contributed by atoms with Gasteiger partial charge in [0.05, 0.1) is 5.69 Å². The fourth-order valence-corrected chi connectivity index (χ4v) is 1.73. The van der Waals surface area contributed by atoms with Crippen LogP contribution in [0.1, 0.15) is 21.7 Å². The summed E-state index contributed by atoms with van der Waals surface area (Å²) in [6, 6.07) is 4.10. The third kappa shape index (κ3) is 2.62. The Hall–Kier alpha value is -2.01. The normalized spacial score (nSPS) is 10.3. The van der Waals surface area contributed by atoms with Crippen LogP contribution in [0.2, 0.25) is 5.02 Å². The van der Waals surface area contributed by atoms with Gasteiger partial charge in [0.25, 0.3) is 0 Å². The molecular weight excluding hydrogens is 259 g/mol. The van der Waals surface area contributed by atoms with Crippen molar-refractivity contribution < 1.29 is 14.3 Å². The van der Waals surface area contributed by atoms with Crippen LogP contribution in [0.15, 0.2) is 30.6 Å². The van der Waals surface area contributed by atoms with E-state index in [2.05, 4.69) is 9.97 Å². The van der Waals surface area contributed by atoms with Crippen LogP contribution in [0.3, 0.4) is 0 Å². The summed E-state index contributed by atoms with van der Waals surface area (Å²) in [5.41, 5.74) is 0.300. The minimum atomic E-state index is -1.19. The molecule has 92 valence electrons. The van der Waals surface area contributed by atoms with Gasteiger partial charge in [-0.25, -0.2) is 14.2 Å². The smallest absolute Gasteiger partial charge is 0.356 e. The molecule has 1 heterocycles. The van der Waals surface area contributed by atoms with Crippen LogP contribution in [-0.4, -0.2) is 21.0 Å². The van der Waals surface area contributed by atoms with E-state index in [0.717, 1.165) is 0 Å². The number of hydrogen-bond acceptors (Lipinski definition) is 3. The van der Waals surface area contributed by atoms with Gasteiger partial charge in [-0.05, 0) is 23.8 Å². The van der Waals surface area contributed by atoms with Crippen LogP contribution in [-0.2, 0) is 6.42 Å². The van der Waals surface area contributed by atoms with E-state index in [-0.39, 0.29) is 23.4 Å². The Balaban J connectivity index is 2.40. The molecule has 6 heteroatoms. The second kappa shape index (κ2) is 5.10. The number of rotatable bonds is 3. The van der Waals surface area contributed by atoms with Crippen molar-refractivity contribution in [3.63, 3.8) is 0 Å². The van der Waals surface area contributed by atoms with Gasteiger partial charge in [0.1, 0.15) is 5.82 Å². The van der Waals surface area contributed by atoms with Crippen LogP contribution >= 0.6 is 11.6 Å². The SMILES string of the molecule is O=C(O)c1nccnc1Cc1cc(Cl)ccc1F. The van der Waals surface area contributed by atoms with Gasteiger partial charge < -0.3 is 5.11 Å². The van der Waals surface area contributed by atoms with E-state index in [1.165, 1.54) is 30.6 Å². The Labute approximate surface area is 107 Å². The van der Waals surface area contributed by atoms with Crippen LogP contribution in [0.25, 0.3) is 0 Å². The Bertz CT molecular complexity index is 604. The molecule has 1 aromatic heterocycles. The third-order valence-corrected chi connectivity index (χ3v) is 2.58. The molecule has 4 nitrogen and oxygen atoms in total. The van der Waals surface area contributed by atoms with E-state index in [1.54, 1.807) is 0 Å². The Morgan fingerprint density at radius 1 is 1.33 bits per heavy atom. The number of aromatic nitrogens is 2. The maximum Gasteiger partial charge on any atom is 0.356 e. The van der Waals surface area contributed by atoms with Gasteiger partial charge in [0, 0.05) is 23.8 Å². The number of carboxylic acids is 1. The molecule has 0 radical (unpaired) electrons. The zero-order valence-electron chi connectivity index (χ0n) is 9.10. The number of carboxylic acid groups (broad SMARTS) is 1. The molecule has 0 aliphatic carbocycles. The zero-order valence-corrected chi connectivity index (χ0v) is 9.86. The van der Waals surface area contributed by atoms with Crippen LogP contribution < -0.4 is 0 Å². The van der Waals surface area contributed by atoms with Crippen molar-refractivity contribution in [3.05, 3.63) is 58.4 Å². The molecule has 1 aromatic carbocycles. The summed E-state index contributed by atoms with van der Waals surface area (Å²) in [4.78, 5) is 18.6. The van der Waals surface area contributed by atoms with Gasteiger partial charge in [-0.15, -0.1) is 0 Å². The van der Waals surface area contributed by atoms with Gasteiger partial charge in [-0.1, -0.05) is 11.6 Å². The first-order valence-electron chi connectivity index (χ1n) is 5.05. The first kappa shape index (κ1) is 12.4. The maximum atomic E-state index is 13.5. The highest BCUT2D eigenvalue weighted by Gasteiger charge is 2.14. The predicted octanol–water partition coefficient (Wildman–Crippen LogP) is 2.56. The Kier molecular flexibility index (Phi) is 3.53. The molecule has 0 aliphatic heterocycles. The summed E-state index contributed by atoms with van der Waals surface area (Å²) >= 11 is 5.77. The average molecular weight is 267 g/mol. The first-order chi connectivity index (χ1) is 8.58. The molecule has 0 amide bonds.